The van der Waals surface area contributed by atoms with Gasteiger partial charge in [-0.1, -0.05) is 30.4 Å². The molecule has 2 saturated heterocycles. The van der Waals surface area contributed by atoms with Gasteiger partial charge in [-0.15, -0.1) is 0 Å². The van der Waals surface area contributed by atoms with E-state index in [1.807, 2.05) is 42.5 Å². The SMILES string of the molecule is CCOC(=O)[C@H]1[C@H]2C(=O)N(c3ccccc3)C[C@]23C=C[C@H]1O3. The summed E-state index contributed by atoms with van der Waals surface area (Å²) in [5.74, 6) is -1.42. The van der Waals surface area contributed by atoms with Gasteiger partial charge in [-0.2, -0.15) is 0 Å². The summed E-state index contributed by atoms with van der Waals surface area (Å²) in [6, 6.07) is 9.49. The van der Waals surface area contributed by atoms with E-state index >= 15 is 0 Å². The third-order valence-electron chi connectivity index (χ3n) is 4.73. The second-order valence-electron chi connectivity index (χ2n) is 5.91. The van der Waals surface area contributed by atoms with E-state index in [-0.39, 0.29) is 18.0 Å². The molecule has 0 saturated carbocycles. The van der Waals surface area contributed by atoms with Crippen molar-refractivity contribution in [2.24, 2.45) is 11.8 Å². The molecule has 4 atom stereocenters. The molecule has 1 aromatic rings. The maximum absolute atomic E-state index is 12.9. The fraction of sp³-hybridized carbons (Fsp3) is 0.412. The molecule has 3 aliphatic rings. The Morgan fingerprint density at radius 2 is 2.18 bits per heavy atom. The Labute approximate surface area is 128 Å². The Hall–Kier alpha value is -2.14. The molecule has 114 valence electrons. The number of carbonyl (C=O) groups excluding carboxylic acids is 2. The number of nitrogens with zero attached hydrogens (tertiary/aromatic N) is 1. The van der Waals surface area contributed by atoms with Crippen LogP contribution in [-0.4, -0.2) is 36.7 Å². The summed E-state index contributed by atoms with van der Waals surface area (Å²) >= 11 is 0. The number of fused-ring (bicyclic) bond motifs is 1. The van der Waals surface area contributed by atoms with E-state index in [0.717, 1.165) is 5.69 Å². The molecule has 1 amide bonds. The number of carbonyl (C=O) groups is 2. The molecule has 0 unspecified atom stereocenters. The van der Waals surface area contributed by atoms with Crippen LogP contribution in [0.15, 0.2) is 42.5 Å². The van der Waals surface area contributed by atoms with E-state index in [0.29, 0.717) is 13.2 Å². The Morgan fingerprint density at radius 3 is 2.91 bits per heavy atom. The largest absolute Gasteiger partial charge is 0.466 e. The molecule has 0 radical (unpaired) electrons. The molecule has 0 N–H and O–H groups in total. The monoisotopic (exact) mass is 299 g/mol. The van der Waals surface area contributed by atoms with Gasteiger partial charge in [0.25, 0.3) is 0 Å². The molecule has 1 spiro atoms. The van der Waals surface area contributed by atoms with Crippen LogP contribution in [0.3, 0.4) is 0 Å². The molecule has 1 aromatic carbocycles. The molecule has 3 aliphatic heterocycles. The highest BCUT2D eigenvalue weighted by atomic mass is 16.6. The van der Waals surface area contributed by atoms with Crippen LogP contribution in [-0.2, 0) is 19.1 Å². The van der Waals surface area contributed by atoms with Gasteiger partial charge in [-0.05, 0) is 19.1 Å². The van der Waals surface area contributed by atoms with E-state index in [2.05, 4.69) is 0 Å². The summed E-state index contributed by atoms with van der Waals surface area (Å²) in [7, 11) is 0. The number of esters is 1. The maximum Gasteiger partial charge on any atom is 0.312 e. The predicted octanol–water partition coefficient (Wildman–Crippen LogP) is 1.54. The van der Waals surface area contributed by atoms with E-state index in [1.54, 1.807) is 11.8 Å². The number of hydrogen-bond donors (Lipinski definition) is 0. The van der Waals surface area contributed by atoms with Crippen LogP contribution >= 0.6 is 0 Å². The summed E-state index contributed by atoms with van der Waals surface area (Å²) in [5, 5.41) is 0. The van der Waals surface area contributed by atoms with Gasteiger partial charge in [0.1, 0.15) is 11.5 Å². The molecule has 5 nitrogen and oxygen atoms in total. The van der Waals surface area contributed by atoms with Crippen LogP contribution in [0, 0.1) is 11.8 Å². The van der Waals surface area contributed by atoms with Crippen LogP contribution in [0.4, 0.5) is 5.69 Å². The van der Waals surface area contributed by atoms with Crippen LogP contribution in [0.2, 0.25) is 0 Å². The minimum Gasteiger partial charge on any atom is -0.466 e. The topological polar surface area (TPSA) is 55.8 Å². The van der Waals surface area contributed by atoms with Crippen LogP contribution in [0.5, 0.6) is 0 Å². The zero-order valence-electron chi connectivity index (χ0n) is 12.3. The average Bonchev–Trinajstić information content (AvgIpc) is 3.17. The standard InChI is InChI=1S/C17H17NO4/c1-2-21-16(20)13-12-8-9-17(22-12)10-18(15(19)14(13)17)11-6-4-3-5-7-11/h3-9,12-14H,2,10H2,1H3/t12-,13-,14+,17-/m1/s1. The second kappa shape index (κ2) is 4.68. The maximum atomic E-state index is 12.9. The number of hydrogen-bond acceptors (Lipinski definition) is 4. The first kappa shape index (κ1) is 13.5. The number of anilines is 1. The quantitative estimate of drug-likeness (QED) is 0.627. The lowest BCUT2D eigenvalue weighted by atomic mass is 9.77. The van der Waals surface area contributed by atoms with Gasteiger partial charge < -0.3 is 14.4 Å². The summed E-state index contributed by atoms with van der Waals surface area (Å²) in [5.41, 5.74) is 0.147. The molecular formula is C17H17NO4. The fourth-order valence-electron chi connectivity index (χ4n) is 3.83. The Balaban J connectivity index is 1.69. The Bertz CT molecular complexity index is 656. The van der Waals surface area contributed by atoms with Crippen molar-refractivity contribution < 1.29 is 19.1 Å². The molecule has 5 heteroatoms. The van der Waals surface area contributed by atoms with Gasteiger partial charge in [0.05, 0.1) is 25.2 Å². The first-order valence-corrected chi connectivity index (χ1v) is 7.56. The highest BCUT2D eigenvalue weighted by Crippen LogP contribution is 2.52. The Morgan fingerprint density at radius 1 is 1.41 bits per heavy atom. The summed E-state index contributed by atoms with van der Waals surface area (Å²) in [4.78, 5) is 26.9. The smallest absolute Gasteiger partial charge is 0.312 e. The van der Waals surface area contributed by atoms with Crippen molar-refractivity contribution in [2.45, 2.75) is 18.6 Å². The normalized spacial score (nSPS) is 35.0. The van der Waals surface area contributed by atoms with Crippen molar-refractivity contribution >= 4 is 17.6 Å². The lowest BCUT2D eigenvalue weighted by Gasteiger charge is -2.22. The van der Waals surface area contributed by atoms with Crippen molar-refractivity contribution in [3.8, 4) is 0 Å². The summed E-state index contributed by atoms with van der Waals surface area (Å²) in [6.07, 6.45) is 3.49. The summed E-state index contributed by atoms with van der Waals surface area (Å²) in [6.45, 7) is 2.52. The van der Waals surface area contributed by atoms with Gasteiger partial charge in [-0.3, -0.25) is 9.59 Å². The van der Waals surface area contributed by atoms with Crippen molar-refractivity contribution in [1.29, 1.82) is 0 Å². The first-order chi connectivity index (χ1) is 10.7. The van der Waals surface area contributed by atoms with Crippen LogP contribution in [0.1, 0.15) is 6.92 Å². The lowest BCUT2D eigenvalue weighted by Crippen LogP contribution is -2.40. The minimum absolute atomic E-state index is 0.0592. The fourth-order valence-corrected chi connectivity index (χ4v) is 3.83. The Kier molecular flexibility index (Phi) is 2.87. The van der Waals surface area contributed by atoms with Crippen molar-refractivity contribution in [1.82, 2.24) is 0 Å². The predicted molar refractivity (Wildman–Crippen MR) is 79.2 cm³/mol. The highest BCUT2D eigenvalue weighted by Gasteiger charge is 2.67. The minimum atomic E-state index is -0.685. The molecular weight excluding hydrogens is 282 g/mol. The van der Waals surface area contributed by atoms with Crippen molar-refractivity contribution in [3.05, 3.63) is 42.5 Å². The highest BCUT2D eigenvalue weighted by molar-refractivity contribution is 6.02. The van der Waals surface area contributed by atoms with Gasteiger partial charge in [-0.25, -0.2) is 0 Å². The molecule has 4 rings (SSSR count). The number of amides is 1. The van der Waals surface area contributed by atoms with Crippen LogP contribution < -0.4 is 4.90 Å². The third kappa shape index (κ3) is 1.69. The number of ether oxygens (including phenoxy) is 2. The zero-order valence-corrected chi connectivity index (χ0v) is 12.3. The summed E-state index contributed by atoms with van der Waals surface area (Å²) < 4.78 is 11.2. The van der Waals surface area contributed by atoms with Gasteiger partial charge >= 0.3 is 5.97 Å². The molecule has 0 aliphatic carbocycles. The lowest BCUT2D eigenvalue weighted by molar-refractivity contribution is -0.151. The zero-order chi connectivity index (χ0) is 15.3. The molecule has 3 heterocycles. The third-order valence-corrected chi connectivity index (χ3v) is 4.73. The number of benzene rings is 1. The van der Waals surface area contributed by atoms with Crippen molar-refractivity contribution in [3.63, 3.8) is 0 Å². The number of para-hydroxylation sites is 1. The van der Waals surface area contributed by atoms with Gasteiger partial charge in [0.2, 0.25) is 5.91 Å². The number of rotatable bonds is 3. The first-order valence-electron chi connectivity index (χ1n) is 7.56. The molecule has 22 heavy (non-hydrogen) atoms. The van der Waals surface area contributed by atoms with Gasteiger partial charge in [0.15, 0.2) is 0 Å². The van der Waals surface area contributed by atoms with E-state index in [4.69, 9.17) is 9.47 Å². The van der Waals surface area contributed by atoms with Crippen molar-refractivity contribution in [2.75, 3.05) is 18.1 Å². The van der Waals surface area contributed by atoms with E-state index in [1.165, 1.54) is 0 Å². The average molecular weight is 299 g/mol. The second-order valence-corrected chi connectivity index (χ2v) is 5.91. The van der Waals surface area contributed by atoms with Crippen LogP contribution in [0.25, 0.3) is 0 Å². The molecule has 0 aromatic heterocycles. The molecule has 2 bridgehead atoms. The van der Waals surface area contributed by atoms with Gasteiger partial charge in [0, 0.05) is 5.69 Å². The van der Waals surface area contributed by atoms with E-state index < -0.39 is 17.4 Å². The van der Waals surface area contributed by atoms with E-state index in [9.17, 15) is 9.59 Å². The molecule has 2 fully saturated rings.